The summed E-state index contributed by atoms with van der Waals surface area (Å²) in [6, 6.07) is 8.55. The molecule has 0 aliphatic carbocycles. The summed E-state index contributed by atoms with van der Waals surface area (Å²) in [4.78, 5) is 15.4. The van der Waals surface area contributed by atoms with Gasteiger partial charge in [0.1, 0.15) is 29.3 Å². The van der Waals surface area contributed by atoms with Crippen LogP contribution in [0, 0.1) is 12.7 Å². The predicted octanol–water partition coefficient (Wildman–Crippen LogP) is 3.84. The Morgan fingerprint density at radius 3 is 3.04 bits per heavy atom. The van der Waals surface area contributed by atoms with E-state index in [0.717, 1.165) is 42.4 Å². The molecule has 25 heavy (non-hydrogen) atoms. The average Bonchev–Trinajstić information content (AvgIpc) is 3.23. The first-order valence-corrected chi connectivity index (χ1v) is 8.44. The highest BCUT2D eigenvalue weighted by Gasteiger charge is 2.31. The second kappa shape index (κ2) is 6.63. The Kier molecular flexibility index (Phi) is 4.17. The van der Waals surface area contributed by atoms with E-state index in [4.69, 9.17) is 4.42 Å². The van der Waals surface area contributed by atoms with Crippen LogP contribution in [0.5, 0.6) is 0 Å². The molecular formula is C19H19FN4O. The highest BCUT2D eigenvalue weighted by molar-refractivity contribution is 5.41. The van der Waals surface area contributed by atoms with Crippen LogP contribution in [0.15, 0.2) is 47.1 Å². The maximum Gasteiger partial charge on any atom is 0.217 e. The Hall–Kier alpha value is -2.76. The molecule has 2 aromatic heterocycles. The topological polar surface area (TPSA) is 55.1 Å². The van der Waals surface area contributed by atoms with Crippen LogP contribution in [0.3, 0.4) is 0 Å². The van der Waals surface area contributed by atoms with Crippen LogP contribution in [0.25, 0.3) is 0 Å². The van der Waals surface area contributed by atoms with E-state index in [1.807, 2.05) is 19.1 Å². The molecule has 5 nitrogen and oxygen atoms in total. The van der Waals surface area contributed by atoms with Crippen LogP contribution in [0.2, 0.25) is 0 Å². The molecule has 0 amide bonds. The fourth-order valence-electron chi connectivity index (χ4n) is 3.31. The molecule has 1 saturated heterocycles. The Balaban J connectivity index is 1.54. The molecule has 4 rings (SSSR count). The molecule has 1 aliphatic rings. The fourth-order valence-corrected chi connectivity index (χ4v) is 3.31. The molecule has 0 N–H and O–H groups in total. The van der Waals surface area contributed by atoms with Crippen LogP contribution in [0.4, 0.5) is 10.2 Å². The first-order valence-electron chi connectivity index (χ1n) is 8.44. The maximum absolute atomic E-state index is 13.3. The number of hydrogen-bond acceptors (Lipinski definition) is 5. The van der Waals surface area contributed by atoms with Crippen molar-refractivity contribution >= 4 is 5.82 Å². The highest BCUT2D eigenvalue weighted by atomic mass is 19.1. The molecule has 3 aromatic rings. The van der Waals surface area contributed by atoms with E-state index in [0.29, 0.717) is 12.3 Å². The van der Waals surface area contributed by atoms with E-state index in [2.05, 4.69) is 19.9 Å². The lowest BCUT2D eigenvalue weighted by Crippen LogP contribution is -2.24. The molecule has 0 saturated carbocycles. The van der Waals surface area contributed by atoms with Gasteiger partial charge in [0, 0.05) is 19.2 Å². The van der Waals surface area contributed by atoms with Crippen molar-refractivity contribution < 1.29 is 8.81 Å². The lowest BCUT2D eigenvalue weighted by Gasteiger charge is -2.23. The highest BCUT2D eigenvalue weighted by Crippen LogP contribution is 2.35. The summed E-state index contributed by atoms with van der Waals surface area (Å²) >= 11 is 0. The zero-order chi connectivity index (χ0) is 17.2. The Morgan fingerprint density at radius 1 is 1.28 bits per heavy atom. The number of oxazole rings is 1. The van der Waals surface area contributed by atoms with Crippen molar-refractivity contribution in [1.29, 1.82) is 0 Å². The minimum atomic E-state index is -0.238. The van der Waals surface area contributed by atoms with Crippen molar-refractivity contribution in [2.75, 3.05) is 11.4 Å². The Morgan fingerprint density at radius 2 is 2.20 bits per heavy atom. The summed E-state index contributed by atoms with van der Waals surface area (Å²) in [5.74, 6) is 2.85. The van der Waals surface area contributed by atoms with Gasteiger partial charge < -0.3 is 9.32 Å². The number of hydrogen-bond donors (Lipinski definition) is 0. The van der Waals surface area contributed by atoms with E-state index in [-0.39, 0.29) is 11.9 Å². The molecule has 1 aliphatic heterocycles. The minimum absolute atomic E-state index is 0.0792. The number of anilines is 1. The molecule has 1 fully saturated rings. The molecule has 0 spiro atoms. The van der Waals surface area contributed by atoms with Crippen molar-refractivity contribution in [2.24, 2.45) is 0 Å². The Bertz CT molecular complexity index is 879. The second-order valence-electron chi connectivity index (χ2n) is 6.28. The van der Waals surface area contributed by atoms with Gasteiger partial charge in [-0.2, -0.15) is 0 Å². The summed E-state index contributed by atoms with van der Waals surface area (Å²) in [7, 11) is 0. The van der Waals surface area contributed by atoms with Crippen molar-refractivity contribution in [1.82, 2.24) is 15.0 Å². The first kappa shape index (κ1) is 15.7. The number of nitrogens with zero attached hydrogens (tertiary/aromatic N) is 4. The normalized spacial score (nSPS) is 17.2. The lowest BCUT2D eigenvalue weighted by molar-refractivity contribution is 0.424. The number of benzene rings is 1. The number of aromatic nitrogens is 3. The molecule has 0 unspecified atom stereocenters. The SMILES string of the molecule is Cc1nccc(N2CCC[C@@H]2c2ncc(Cc3cccc(F)c3)o2)n1. The standard InChI is InChI=1S/C19H19FN4O/c1-13-21-8-7-18(23-13)24-9-3-6-17(24)19-22-12-16(25-19)11-14-4-2-5-15(20)10-14/h2,4-5,7-8,10,12,17H,3,6,9,11H2,1H3/t17-/m1/s1. The van der Waals surface area contributed by atoms with Gasteiger partial charge >= 0.3 is 0 Å². The quantitative estimate of drug-likeness (QED) is 0.723. The summed E-state index contributed by atoms with van der Waals surface area (Å²) < 4.78 is 19.3. The summed E-state index contributed by atoms with van der Waals surface area (Å²) in [5, 5.41) is 0. The van der Waals surface area contributed by atoms with Crippen LogP contribution in [-0.4, -0.2) is 21.5 Å². The van der Waals surface area contributed by atoms with E-state index < -0.39 is 0 Å². The van der Waals surface area contributed by atoms with Gasteiger partial charge in [-0.15, -0.1) is 0 Å². The van der Waals surface area contributed by atoms with Gasteiger partial charge in [-0.05, 0) is 43.5 Å². The summed E-state index contributed by atoms with van der Waals surface area (Å²) in [5.41, 5.74) is 0.873. The molecule has 1 aromatic carbocycles. The van der Waals surface area contributed by atoms with Gasteiger partial charge in [-0.3, -0.25) is 0 Å². The van der Waals surface area contributed by atoms with Crippen LogP contribution >= 0.6 is 0 Å². The lowest BCUT2D eigenvalue weighted by atomic mass is 10.1. The fraction of sp³-hybridized carbons (Fsp3) is 0.316. The van der Waals surface area contributed by atoms with E-state index in [9.17, 15) is 4.39 Å². The molecule has 0 bridgehead atoms. The number of aryl methyl sites for hydroxylation is 1. The molecule has 0 radical (unpaired) electrons. The first-order chi connectivity index (χ1) is 12.2. The van der Waals surface area contributed by atoms with E-state index in [1.165, 1.54) is 12.1 Å². The largest absolute Gasteiger partial charge is 0.443 e. The second-order valence-corrected chi connectivity index (χ2v) is 6.28. The molecule has 3 heterocycles. The van der Waals surface area contributed by atoms with Gasteiger partial charge in [0.25, 0.3) is 0 Å². The van der Waals surface area contributed by atoms with Crippen molar-refractivity contribution in [2.45, 2.75) is 32.2 Å². The zero-order valence-electron chi connectivity index (χ0n) is 14.0. The minimum Gasteiger partial charge on any atom is -0.443 e. The zero-order valence-corrected chi connectivity index (χ0v) is 14.0. The van der Waals surface area contributed by atoms with Crippen molar-refractivity contribution in [3.05, 3.63) is 71.6 Å². The van der Waals surface area contributed by atoms with E-state index in [1.54, 1.807) is 18.5 Å². The monoisotopic (exact) mass is 338 g/mol. The van der Waals surface area contributed by atoms with Crippen LogP contribution < -0.4 is 4.90 Å². The van der Waals surface area contributed by atoms with Gasteiger partial charge in [-0.25, -0.2) is 19.3 Å². The Labute approximate surface area is 145 Å². The molecule has 1 atom stereocenters. The van der Waals surface area contributed by atoms with E-state index >= 15 is 0 Å². The molecular weight excluding hydrogens is 319 g/mol. The molecule has 6 heteroatoms. The third kappa shape index (κ3) is 3.38. The van der Waals surface area contributed by atoms with Crippen molar-refractivity contribution in [3.8, 4) is 0 Å². The molecule has 128 valence electrons. The van der Waals surface area contributed by atoms with Crippen molar-refractivity contribution in [3.63, 3.8) is 0 Å². The third-order valence-corrected chi connectivity index (χ3v) is 4.43. The number of rotatable bonds is 4. The summed E-state index contributed by atoms with van der Waals surface area (Å²) in [6.45, 7) is 2.81. The van der Waals surface area contributed by atoms with Gasteiger partial charge in [-0.1, -0.05) is 12.1 Å². The smallest absolute Gasteiger partial charge is 0.217 e. The van der Waals surface area contributed by atoms with Gasteiger partial charge in [0.2, 0.25) is 5.89 Å². The van der Waals surface area contributed by atoms with Gasteiger partial charge in [0.15, 0.2) is 0 Å². The van der Waals surface area contributed by atoms with Crippen LogP contribution in [-0.2, 0) is 6.42 Å². The average molecular weight is 338 g/mol. The third-order valence-electron chi connectivity index (χ3n) is 4.43. The number of halogens is 1. The van der Waals surface area contributed by atoms with Crippen LogP contribution in [0.1, 0.15) is 41.9 Å². The van der Waals surface area contributed by atoms with Gasteiger partial charge in [0.05, 0.1) is 6.20 Å². The predicted molar refractivity (Wildman–Crippen MR) is 91.8 cm³/mol. The maximum atomic E-state index is 13.3. The summed E-state index contributed by atoms with van der Waals surface area (Å²) in [6.07, 6.45) is 6.09.